The number of nitrogen functional groups attached to an aromatic ring is 1. The zero-order valence-corrected chi connectivity index (χ0v) is 10.9. The summed E-state index contributed by atoms with van der Waals surface area (Å²) in [4.78, 5) is 4.13. The van der Waals surface area contributed by atoms with Crippen molar-refractivity contribution in [3.63, 3.8) is 0 Å². The van der Waals surface area contributed by atoms with Gasteiger partial charge in [-0.3, -0.25) is 0 Å². The zero-order chi connectivity index (χ0) is 13.4. The molecule has 0 amide bonds. The first-order valence-electron chi connectivity index (χ1n) is 5.64. The fourth-order valence-corrected chi connectivity index (χ4v) is 2.22. The average molecular weight is 275 g/mol. The van der Waals surface area contributed by atoms with Crippen molar-refractivity contribution in [2.45, 2.75) is 0 Å². The number of nitrogens with two attached hydrogens (primary N) is 1. The maximum Gasteiger partial charge on any atom is 0.240 e. The average Bonchev–Trinajstić information content (AvgIpc) is 2.78. The number of methoxy groups -OCH3 is 1. The van der Waals surface area contributed by atoms with Gasteiger partial charge in [0, 0.05) is 5.56 Å². The summed E-state index contributed by atoms with van der Waals surface area (Å²) in [6.07, 6.45) is 0. The van der Waals surface area contributed by atoms with Gasteiger partial charge in [0.1, 0.15) is 5.75 Å². The highest BCUT2D eigenvalue weighted by atomic mass is 35.5. The van der Waals surface area contributed by atoms with Crippen LogP contribution in [0.5, 0.6) is 5.75 Å². The molecule has 0 aliphatic rings. The fraction of sp³-hybridized carbons (Fsp3) is 0.0769. The number of anilines is 1. The molecular formula is C13H11ClN4O. The zero-order valence-electron chi connectivity index (χ0n) is 10.2. The summed E-state index contributed by atoms with van der Waals surface area (Å²) in [5.74, 6) is 0.878. The first kappa shape index (κ1) is 11.8. The standard InChI is InChI=1S/C13H11ClN4O/c1-19-11-6-5-8(7-9(11)14)10-3-2-4-12-16-13(15)17-18(10)12/h2-7H,1H3,(H2,15,17). The molecule has 0 fully saturated rings. The Morgan fingerprint density at radius 1 is 1.26 bits per heavy atom. The molecule has 1 aromatic carbocycles. The Hall–Kier alpha value is -2.27. The summed E-state index contributed by atoms with van der Waals surface area (Å²) >= 11 is 6.14. The molecule has 3 rings (SSSR count). The van der Waals surface area contributed by atoms with Gasteiger partial charge in [0.05, 0.1) is 17.8 Å². The third-order valence-corrected chi connectivity index (χ3v) is 3.12. The largest absolute Gasteiger partial charge is 0.495 e. The van der Waals surface area contributed by atoms with Gasteiger partial charge in [-0.15, -0.1) is 5.10 Å². The van der Waals surface area contributed by atoms with Crippen LogP contribution in [-0.4, -0.2) is 21.7 Å². The van der Waals surface area contributed by atoms with E-state index < -0.39 is 0 Å². The molecule has 0 atom stereocenters. The third-order valence-electron chi connectivity index (χ3n) is 2.82. The Bertz CT molecular complexity index is 753. The highest BCUT2D eigenvalue weighted by Gasteiger charge is 2.09. The second-order valence-corrected chi connectivity index (χ2v) is 4.41. The fourth-order valence-electron chi connectivity index (χ4n) is 1.97. The first-order chi connectivity index (χ1) is 9.19. The minimum atomic E-state index is 0.243. The van der Waals surface area contributed by atoms with Gasteiger partial charge in [-0.1, -0.05) is 17.7 Å². The summed E-state index contributed by atoms with van der Waals surface area (Å²) < 4.78 is 6.83. The lowest BCUT2D eigenvalue weighted by Crippen LogP contribution is -1.95. The van der Waals surface area contributed by atoms with E-state index in [-0.39, 0.29) is 5.95 Å². The second-order valence-electron chi connectivity index (χ2n) is 4.00. The van der Waals surface area contributed by atoms with Crippen LogP contribution in [0, 0.1) is 0 Å². The number of rotatable bonds is 2. The number of ether oxygens (including phenoxy) is 1. The Balaban J connectivity index is 2.21. The number of hydrogen-bond acceptors (Lipinski definition) is 4. The van der Waals surface area contributed by atoms with Crippen molar-refractivity contribution in [3.8, 4) is 17.0 Å². The highest BCUT2D eigenvalue weighted by molar-refractivity contribution is 6.32. The maximum absolute atomic E-state index is 6.14. The van der Waals surface area contributed by atoms with Gasteiger partial charge in [0.25, 0.3) is 0 Å². The minimum Gasteiger partial charge on any atom is -0.495 e. The van der Waals surface area contributed by atoms with Crippen molar-refractivity contribution < 1.29 is 4.74 Å². The van der Waals surface area contributed by atoms with Crippen LogP contribution in [0.2, 0.25) is 5.02 Å². The predicted octanol–water partition coefficient (Wildman–Crippen LogP) is 2.64. The topological polar surface area (TPSA) is 65.4 Å². The van der Waals surface area contributed by atoms with Crippen LogP contribution in [0.15, 0.2) is 36.4 Å². The Labute approximate surface area is 114 Å². The predicted molar refractivity (Wildman–Crippen MR) is 74.4 cm³/mol. The van der Waals surface area contributed by atoms with E-state index in [9.17, 15) is 0 Å². The molecule has 3 aromatic rings. The molecule has 0 aliphatic carbocycles. The van der Waals surface area contributed by atoms with E-state index >= 15 is 0 Å². The van der Waals surface area contributed by atoms with Gasteiger partial charge in [0.2, 0.25) is 5.95 Å². The van der Waals surface area contributed by atoms with Crippen LogP contribution in [0.3, 0.4) is 0 Å². The quantitative estimate of drug-likeness (QED) is 0.780. The second kappa shape index (κ2) is 4.44. The van der Waals surface area contributed by atoms with Gasteiger partial charge >= 0.3 is 0 Å². The normalized spacial score (nSPS) is 10.8. The van der Waals surface area contributed by atoms with Crippen LogP contribution in [0.1, 0.15) is 0 Å². The number of halogens is 1. The van der Waals surface area contributed by atoms with Gasteiger partial charge in [-0.05, 0) is 30.3 Å². The summed E-state index contributed by atoms with van der Waals surface area (Å²) in [5, 5.41) is 4.72. The van der Waals surface area contributed by atoms with Gasteiger partial charge < -0.3 is 10.5 Å². The molecule has 0 aliphatic heterocycles. The molecule has 19 heavy (non-hydrogen) atoms. The monoisotopic (exact) mass is 274 g/mol. The van der Waals surface area contributed by atoms with E-state index in [2.05, 4.69) is 10.1 Å². The molecule has 0 saturated carbocycles. The van der Waals surface area contributed by atoms with Crippen LogP contribution in [0.4, 0.5) is 5.95 Å². The number of benzene rings is 1. The van der Waals surface area contributed by atoms with E-state index in [0.717, 1.165) is 11.3 Å². The minimum absolute atomic E-state index is 0.243. The van der Waals surface area contributed by atoms with Crippen LogP contribution in [0.25, 0.3) is 16.9 Å². The van der Waals surface area contributed by atoms with Crippen LogP contribution < -0.4 is 10.5 Å². The molecule has 0 bridgehead atoms. The summed E-state index contributed by atoms with van der Waals surface area (Å²) in [5.41, 5.74) is 8.10. The molecule has 96 valence electrons. The molecule has 0 spiro atoms. The summed E-state index contributed by atoms with van der Waals surface area (Å²) in [6, 6.07) is 11.2. The molecule has 2 aromatic heterocycles. The van der Waals surface area contributed by atoms with Crippen molar-refractivity contribution in [2.24, 2.45) is 0 Å². The van der Waals surface area contributed by atoms with Gasteiger partial charge in [-0.25, -0.2) is 4.52 Å². The van der Waals surface area contributed by atoms with Crippen molar-refractivity contribution in [3.05, 3.63) is 41.4 Å². The number of hydrogen-bond donors (Lipinski definition) is 1. The lowest BCUT2D eigenvalue weighted by atomic mass is 10.1. The van der Waals surface area contributed by atoms with Crippen molar-refractivity contribution in [1.82, 2.24) is 14.6 Å². The SMILES string of the molecule is COc1ccc(-c2cccc3nc(N)nn23)cc1Cl. The molecule has 0 unspecified atom stereocenters. The maximum atomic E-state index is 6.14. The van der Waals surface area contributed by atoms with E-state index in [1.54, 1.807) is 11.6 Å². The highest BCUT2D eigenvalue weighted by Crippen LogP contribution is 2.30. The molecule has 6 heteroatoms. The Morgan fingerprint density at radius 3 is 2.84 bits per heavy atom. The number of aromatic nitrogens is 3. The van der Waals surface area contributed by atoms with Gasteiger partial charge in [0.15, 0.2) is 5.65 Å². The van der Waals surface area contributed by atoms with Crippen molar-refractivity contribution in [2.75, 3.05) is 12.8 Å². The Kier molecular flexibility index (Phi) is 2.76. The van der Waals surface area contributed by atoms with Crippen molar-refractivity contribution >= 4 is 23.2 Å². The summed E-state index contributed by atoms with van der Waals surface area (Å²) in [6.45, 7) is 0. The molecule has 0 radical (unpaired) electrons. The third kappa shape index (κ3) is 1.98. The number of pyridine rings is 1. The number of nitrogens with zero attached hydrogens (tertiary/aromatic N) is 3. The van der Waals surface area contributed by atoms with Gasteiger partial charge in [-0.2, -0.15) is 4.98 Å². The van der Waals surface area contributed by atoms with Crippen molar-refractivity contribution in [1.29, 1.82) is 0 Å². The molecule has 0 saturated heterocycles. The molecule has 5 nitrogen and oxygen atoms in total. The summed E-state index contributed by atoms with van der Waals surface area (Å²) in [7, 11) is 1.58. The van der Waals surface area contributed by atoms with Crippen LogP contribution in [-0.2, 0) is 0 Å². The smallest absolute Gasteiger partial charge is 0.240 e. The van der Waals surface area contributed by atoms with E-state index in [0.29, 0.717) is 16.4 Å². The van der Waals surface area contributed by atoms with E-state index in [4.69, 9.17) is 22.1 Å². The molecule has 2 heterocycles. The van der Waals surface area contributed by atoms with E-state index in [1.807, 2.05) is 36.4 Å². The lowest BCUT2D eigenvalue weighted by Gasteiger charge is -2.07. The molecule has 2 N–H and O–H groups in total. The molecular weight excluding hydrogens is 264 g/mol. The lowest BCUT2D eigenvalue weighted by molar-refractivity contribution is 0.415. The Morgan fingerprint density at radius 2 is 2.11 bits per heavy atom. The van der Waals surface area contributed by atoms with E-state index in [1.165, 1.54) is 0 Å². The van der Waals surface area contributed by atoms with Crippen LogP contribution >= 0.6 is 11.6 Å². The first-order valence-corrected chi connectivity index (χ1v) is 6.02. The number of fused-ring (bicyclic) bond motifs is 1.